The number of halogens is 1. The van der Waals surface area contributed by atoms with Crippen LogP contribution in [0, 0.1) is 0 Å². The van der Waals surface area contributed by atoms with Gasteiger partial charge in [0.2, 0.25) is 0 Å². The number of benzene rings is 2. The molecule has 0 spiro atoms. The Kier molecular flexibility index (Phi) is 5.35. The SMILES string of the molecule is Cl.Cn1nc(-c2ccccc2C(N)Cc2ccccn2)c2ccccc21. The first kappa shape index (κ1) is 18.1. The molecule has 2 aromatic carbocycles. The molecule has 1 atom stereocenters. The van der Waals surface area contributed by atoms with E-state index in [1.54, 1.807) is 6.20 Å². The quantitative estimate of drug-likeness (QED) is 0.587. The Labute approximate surface area is 159 Å². The Balaban J connectivity index is 0.00000196. The Morgan fingerprint density at radius 1 is 0.962 bits per heavy atom. The molecule has 2 heterocycles. The second-order valence-electron chi connectivity index (χ2n) is 6.21. The zero-order valence-electron chi connectivity index (χ0n) is 14.5. The van der Waals surface area contributed by atoms with Crippen molar-refractivity contribution in [3.05, 3.63) is 84.2 Å². The average molecular weight is 365 g/mol. The van der Waals surface area contributed by atoms with Crippen LogP contribution >= 0.6 is 12.4 Å². The molecule has 0 aliphatic heterocycles. The minimum absolute atomic E-state index is 0. The summed E-state index contributed by atoms with van der Waals surface area (Å²) >= 11 is 0. The van der Waals surface area contributed by atoms with Crippen LogP contribution in [0.2, 0.25) is 0 Å². The second-order valence-corrected chi connectivity index (χ2v) is 6.21. The molecule has 4 rings (SSSR count). The van der Waals surface area contributed by atoms with Gasteiger partial charge in [-0.2, -0.15) is 5.10 Å². The summed E-state index contributed by atoms with van der Waals surface area (Å²) in [5.74, 6) is 0. The van der Waals surface area contributed by atoms with E-state index in [-0.39, 0.29) is 18.4 Å². The van der Waals surface area contributed by atoms with E-state index in [9.17, 15) is 0 Å². The van der Waals surface area contributed by atoms with E-state index < -0.39 is 0 Å². The van der Waals surface area contributed by atoms with Crippen molar-refractivity contribution in [2.24, 2.45) is 12.8 Å². The fourth-order valence-electron chi connectivity index (χ4n) is 3.30. The molecule has 0 radical (unpaired) electrons. The Bertz CT molecular complexity index is 1010. The highest BCUT2D eigenvalue weighted by molar-refractivity contribution is 5.94. The van der Waals surface area contributed by atoms with Crippen molar-refractivity contribution >= 4 is 23.3 Å². The van der Waals surface area contributed by atoms with Crippen molar-refractivity contribution in [1.29, 1.82) is 0 Å². The number of rotatable bonds is 4. The maximum absolute atomic E-state index is 6.54. The highest BCUT2D eigenvalue weighted by Crippen LogP contribution is 2.32. The lowest BCUT2D eigenvalue weighted by atomic mass is 9.94. The third kappa shape index (κ3) is 3.34. The third-order valence-corrected chi connectivity index (χ3v) is 4.53. The molecule has 2 aromatic heterocycles. The number of aromatic nitrogens is 3. The van der Waals surface area contributed by atoms with Crippen LogP contribution in [0.4, 0.5) is 0 Å². The number of para-hydroxylation sites is 1. The summed E-state index contributed by atoms with van der Waals surface area (Å²) in [5, 5.41) is 5.90. The van der Waals surface area contributed by atoms with E-state index in [1.807, 2.05) is 54.2 Å². The average Bonchev–Trinajstić information content (AvgIpc) is 3.00. The van der Waals surface area contributed by atoms with Gasteiger partial charge >= 0.3 is 0 Å². The lowest BCUT2D eigenvalue weighted by molar-refractivity contribution is 0.707. The summed E-state index contributed by atoms with van der Waals surface area (Å²) in [5.41, 5.74) is 11.8. The molecule has 0 saturated carbocycles. The molecule has 4 aromatic rings. The topological polar surface area (TPSA) is 56.7 Å². The minimum atomic E-state index is -0.133. The lowest BCUT2D eigenvalue weighted by Crippen LogP contribution is -2.15. The van der Waals surface area contributed by atoms with E-state index in [1.165, 1.54) is 0 Å². The molecular weight excluding hydrogens is 344 g/mol. The van der Waals surface area contributed by atoms with Gasteiger partial charge in [-0.05, 0) is 23.8 Å². The predicted octanol–water partition coefficient (Wildman–Crippen LogP) is 4.30. The zero-order chi connectivity index (χ0) is 17.2. The number of nitrogens with two attached hydrogens (primary N) is 1. The van der Waals surface area contributed by atoms with Gasteiger partial charge in [0.05, 0.1) is 5.52 Å². The highest BCUT2D eigenvalue weighted by Gasteiger charge is 2.17. The van der Waals surface area contributed by atoms with E-state index in [4.69, 9.17) is 10.8 Å². The van der Waals surface area contributed by atoms with E-state index in [0.717, 1.165) is 33.4 Å². The standard InChI is InChI=1S/C21H20N4.ClH/c1-25-20-12-5-4-11-18(20)21(24-25)17-10-3-2-9-16(17)19(22)14-15-8-6-7-13-23-15;/h2-13,19H,14,22H2,1H3;1H. The molecule has 0 aliphatic rings. The second kappa shape index (κ2) is 7.68. The van der Waals surface area contributed by atoms with Crippen molar-refractivity contribution < 1.29 is 0 Å². The van der Waals surface area contributed by atoms with Crippen LogP contribution in [0.15, 0.2) is 72.9 Å². The molecule has 0 bridgehead atoms. The largest absolute Gasteiger partial charge is 0.324 e. The number of aryl methyl sites for hydroxylation is 1. The normalized spacial score (nSPS) is 11.9. The number of fused-ring (bicyclic) bond motifs is 1. The van der Waals surface area contributed by atoms with Gasteiger partial charge in [0.15, 0.2) is 0 Å². The first-order valence-electron chi connectivity index (χ1n) is 8.40. The first-order valence-corrected chi connectivity index (χ1v) is 8.40. The van der Waals surface area contributed by atoms with Gasteiger partial charge in [0.25, 0.3) is 0 Å². The summed E-state index contributed by atoms with van der Waals surface area (Å²) in [4.78, 5) is 4.40. The van der Waals surface area contributed by atoms with Gasteiger partial charge < -0.3 is 5.73 Å². The number of hydrogen-bond donors (Lipinski definition) is 1. The summed E-state index contributed by atoms with van der Waals surface area (Å²) in [6, 6.07) is 22.3. The van der Waals surface area contributed by atoms with Gasteiger partial charge in [0, 0.05) is 42.4 Å². The van der Waals surface area contributed by atoms with Crippen LogP contribution in [0.25, 0.3) is 22.2 Å². The molecule has 132 valence electrons. The van der Waals surface area contributed by atoms with E-state index in [2.05, 4.69) is 29.2 Å². The summed E-state index contributed by atoms with van der Waals surface area (Å²) in [6.45, 7) is 0. The molecule has 0 aliphatic carbocycles. The van der Waals surface area contributed by atoms with Crippen LogP contribution in [0.3, 0.4) is 0 Å². The third-order valence-electron chi connectivity index (χ3n) is 4.53. The van der Waals surface area contributed by atoms with Crippen molar-refractivity contribution in [3.8, 4) is 11.3 Å². The van der Waals surface area contributed by atoms with Crippen LogP contribution in [-0.2, 0) is 13.5 Å². The summed E-state index contributed by atoms with van der Waals surface area (Å²) in [7, 11) is 1.97. The maximum Gasteiger partial charge on any atom is 0.100 e. The number of pyridine rings is 1. The van der Waals surface area contributed by atoms with Crippen LogP contribution < -0.4 is 5.73 Å². The van der Waals surface area contributed by atoms with Gasteiger partial charge in [-0.15, -0.1) is 12.4 Å². The minimum Gasteiger partial charge on any atom is -0.324 e. The van der Waals surface area contributed by atoms with Crippen LogP contribution in [-0.4, -0.2) is 14.8 Å². The van der Waals surface area contributed by atoms with Gasteiger partial charge in [-0.3, -0.25) is 9.67 Å². The monoisotopic (exact) mass is 364 g/mol. The van der Waals surface area contributed by atoms with Crippen molar-refractivity contribution in [1.82, 2.24) is 14.8 Å². The van der Waals surface area contributed by atoms with Gasteiger partial charge in [-0.1, -0.05) is 48.5 Å². The van der Waals surface area contributed by atoms with Crippen LogP contribution in [0.5, 0.6) is 0 Å². The van der Waals surface area contributed by atoms with Gasteiger partial charge in [0.1, 0.15) is 5.69 Å². The van der Waals surface area contributed by atoms with Crippen molar-refractivity contribution in [2.45, 2.75) is 12.5 Å². The lowest BCUT2D eigenvalue weighted by Gasteiger charge is -2.15. The molecule has 1 unspecified atom stereocenters. The summed E-state index contributed by atoms with van der Waals surface area (Å²) < 4.78 is 1.92. The molecule has 5 heteroatoms. The molecule has 2 N–H and O–H groups in total. The molecule has 0 fully saturated rings. The summed E-state index contributed by atoms with van der Waals surface area (Å²) in [6.07, 6.45) is 2.50. The Hall–Kier alpha value is -2.69. The fourth-order valence-corrected chi connectivity index (χ4v) is 3.30. The van der Waals surface area contributed by atoms with E-state index >= 15 is 0 Å². The molecule has 0 saturated heterocycles. The molecule has 4 nitrogen and oxygen atoms in total. The maximum atomic E-state index is 6.54. The predicted molar refractivity (Wildman–Crippen MR) is 108 cm³/mol. The Morgan fingerprint density at radius 3 is 2.50 bits per heavy atom. The zero-order valence-corrected chi connectivity index (χ0v) is 15.4. The van der Waals surface area contributed by atoms with Crippen LogP contribution in [0.1, 0.15) is 17.3 Å². The first-order chi connectivity index (χ1) is 12.2. The number of nitrogens with zero attached hydrogens (tertiary/aromatic N) is 3. The molecule has 0 amide bonds. The Morgan fingerprint density at radius 2 is 1.69 bits per heavy atom. The molecular formula is C21H21ClN4. The van der Waals surface area contributed by atoms with Gasteiger partial charge in [-0.25, -0.2) is 0 Å². The smallest absolute Gasteiger partial charge is 0.100 e. The van der Waals surface area contributed by atoms with Crippen molar-refractivity contribution in [3.63, 3.8) is 0 Å². The van der Waals surface area contributed by atoms with Crippen molar-refractivity contribution in [2.75, 3.05) is 0 Å². The fraction of sp³-hybridized carbons (Fsp3) is 0.143. The highest BCUT2D eigenvalue weighted by atomic mass is 35.5. The van der Waals surface area contributed by atoms with E-state index in [0.29, 0.717) is 6.42 Å². The number of hydrogen-bond acceptors (Lipinski definition) is 3. The molecule has 26 heavy (non-hydrogen) atoms.